The summed E-state index contributed by atoms with van der Waals surface area (Å²) >= 11 is 0. The van der Waals surface area contributed by atoms with Crippen molar-refractivity contribution < 1.29 is 14.6 Å². The van der Waals surface area contributed by atoms with E-state index in [9.17, 15) is 4.79 Å². The maximum absolute atomic E-state index is 10.9. The van der Waals surface area contributed by atoms with Crippen molar-refractivity contribution in [1.82, 2.24) is 9.80 Å². The number of amides is 1. The van der Waals surface area contributed by atoms with Crippen molar-refractivity contribution in [3.05, 3.63) is 0 Å². The van der Waals surface area contributed by atoms with Crippen LogP contribution in [0.25, 0.3) is 0 Å². The fourth-order valence-electron chi connectivity index (χ4n) is 2.53. The summed E-state index contributed by atoms with van der Waals surface area (Å²) in [5.74, 6) is 0.523. The first kappa shape index (κ1) is 16.2. The van der Waals surface area contributed by atoms with Gasteiger partial charge in [-0.2, -0.15) is 0 Å². The van der Waals surface area contributed by atoms with Gasteiger partial charge in [0.15, 0.2) is 0 Å². The van der Waals surface area contributed by atoms with Crippen LogP contribution < -0.4 is 0 Å². The maximum atomic E-state index is 10.9. The van der Waals surface area contributed by atoms with Gasteiger partial charge in [-0.25, -0.2) is 4.79 Å². The molecule has 5 heteroatoms. The Bertz CT molecular complexity index is 259. The van der Waals surface area contributed by atoms with Gasteiger partial charge in [-0.15, -0.1) is 0 Å². The minimum Gasteiger partial charge on any atom is -0.465 e. The van der Waals surface area contributed by atoms with Crippen LogP contribution >= 0.6 is 0 Å². The van der Waals surface area contributed by atoms with E-state index in [1.54, 1.807) is 4.90 Å². The van der Waals surface area contributed by atoms with E-state index in [2.05, 4.69) is 19.0 Å². The van der Waals surface area contributed by atoms with Crippen LogP contribution in [-0.2, 0) is 4.74 Å². The maximum Gasteiger partial charge on any atom is 0.407 e. The number of carbonyl (C=O) groups is 1. The van der Waals surface area contributed by atoms with Gasteiger partial charge in [-0.1, -0.05) is 0 Å². The molecule has 0 aromatic heterocycles. The minimum absolute atomic E-state index is 0.523. The Balaban J connectivity index is 1.98. The molecule has 1 unspecified atom stereocenters. The Morgan fingerprint density at radius 2 is 2.11 bits per heavy atom. The van der Waals surface area contributed by atoms with Crippen LogP contribution in [0.5, 0.6) is 0 Å². The molecule has 1 N–H and O–H groups in total. The van der Waals surface area contributed by atoms with Crippen molar-refractivity contribution in [2.75, 3.05) is 46.9 Å². The van der Waals surface area contributed by atoms with Gasteiger partial charge in [0.25, 0.3) is 0 Å². The van der Waals surface area contributed by atoms with Crippen molar-refractivity contribution in [3.63, 3.8) is 0 Å². The first-order valence-corrected chi connectivity index (χ1v) is 7.30. The van der Waals surface area contributed by atoms with E-state index in [-0.39, 0.29) is 0 Å². The van der Waals surface area contributed by atoms with Gasteiger partial charge in [0.1, 0.15) is 0 Å². The van der Waals surface area contributed by atoms with E-state index in [0.29, 0.717) is 19.0 Å². The Hall–Kier alpha value is -0.810. The van der Waals surface area contributed by atoms with Crippen molar-refractivity contribution in [1.29, 1.82) is 0 Å². The summed E-state index contributed by atoms with van der Waals surface area (Å²) in [4.78, 5) is 14.6. The van der Waals surface area contributed by atoms with Crippen molar-refractivity contribution >= 4 is 6.09 Å². The molecular formula is C14H28N2O3. The van der Waals surface area contributed by atoms with Crippen LogP contribution in [0.4, 0.5) is 4.79 Å². The van der Waals surface area contributed by atoms with Crippen molar-refractivity contribution in [2.24, 2.45) is 5.92 Å². The Morgan fingerprint density at radius 1 is 1.37 bits per heavy atom. The summed E-state index contributed by atoms with van der Waals surface area (Å²) in [6, 6.07) is 0. The topological polar surface area (TPSA) is 53.0 Å². The fourth-order valence-corrected chi connectivity index (χ4v) is 2.53. The van der Waals surface area contributed by atoms with Gasteiger partial charge in [0.05, 0.1) is 0 Å². The fraction of sp³-hybridized carbons (Fsp3) is 0.929. The first-order chi connectivity index (χ1) is 9.09. The number of piperidine rings is 1. The van der Waals surface area contributed by atoms with E-state index in [0.717, 1.165) is 51.9 Å². The summed E-state index contributed by atoms with van der Waals surface area (Å²) in [7, 11) is 4.13. The standard InChI is InChI=1S/C14H28N2O3/c1-15(2)8-5-11-19-10-4-7-13-6-3-9-16(12-13)14(17)18/h13H,3-12H2,1-2H3,(H,17,18). The van der Waals surface area contributed by atoms with Crippen LogP contribution in [0.15, 0.2) is 0 Å². The molecule has 0 aromatic carbocycles. The quantitative estimate of drug-likeness (QED) is 0.688. The smallest absolute Gasteiger partial charge is 0.407 e. The number of hydrogen-bond acceptors (Lipinski definition) is 3. The number of ether oxygens (including phenoxy) is 1. The molecular weight excluding hydrogens is 244 g/mol. The zero-order valence-corrected chi connectivity index (χ0v) is 12.3. The Kier molecular flexibility index (Phi) is 7.82. The number of carboxylic acid groups (broad SMARTS) is 1. The third-order valence-electron chi connectivity index (χ3n) is 3.58. The molecule has 0 spiro atoms. The van der Waals surface area contributed by atoms with Gasteiger partial charge < -0.3 is 19.6 Å². The van der Waals surface area contributed by atoms with Gasteiger partial charge in [-0.3, -0.25) is 0 Å². The lowest BCUT2D eigenvalue weighted by atomic mass is 9.94. The van der Waals surface area contributed by atoms with Gasteiger partial charge in [0.2, 0.25) is 0 Å². The average molecular weight is 272 g/mol. The molecule has 0 aliphatic carbocycles. The number of hydrogen-bond donors (Lipinski definition) is 1. The van der Waals surface area contributed by atoms with E-state index < -0.39 is 6.09 Å². The van der Waals surface area contributed by atoms with Crippen LogP contribution in [0.2, 0.25) is 0 Å². The lowest BCUT2D eigenvalue weighted by Crippen LogP contribution is -2.39. The van der Waals surface area contributed by atoms with E-state index in [1.807, 2.05) is 0 Å². The highest BCUT2D eigenvalue weighted by Gasteiger charge is 2.22. The second-order valence-corrected chi connectivity index (χ2v) is 5.65. The molecule has 1 saturated heterocycles. The minimum atomic E-state index is -0.773. The van der Waals surface area contributed by atoms with Crippen molar-refractivity contribution in [2.45, 2.75) is 32.1 Å². The van der Waals surface area contributed by atoms with Crippen LogP contribution in [0, 0.1) is 5.92 Å². The predicted molar refractivity (Wildman–Crippen MR) is 75.5 cm³/mol. The molecule has 1 amide bonds. The molecule has 1 fully saturated rings. The molecule has 1 atom stereocenters. The number of likely N-dealkylation sites (tertiary alicyclic amines) is 1. The summed E-state index contributed by atoms with van der Waals surface area (Å²) in [6.45, 7) is 4.10. The molecule has 1 aliphatic heterocycles. The monoisotopic (exact) mass is 272 g/mol. The van der Waals surface area contributed by atoms with E-state index >= 15 is 0 Å². The summed E-state index contributed by atoms with van der Waals surface area (Å²) in [5, 5.41) is 8.97. The highest BCUT2D eigenvalue weighted by Crippen LogP contribution is 2.20. The van der Waals surface area contributed by atoms with Crippen LogP contribution in [0.3, 0.4) is 0 Å². The molecule has 0 aromatic rings. The van der Waals surface area contributed by atoms with Gasteiger partial charge in [-0.05, 0) is 58.7 Å². The highest BCUT2D eigenvalue weighted by molar-refractivity contribution is 5.65. The van der Waals surface area contributed by atoms with Gasteiger partial charge in [0, 0.05) is 26.3 Å². The number of nitrogens with zero attached hydrogens (tertiary/aromatic N) is 2. The van der Waals surface area contributed by atoms with Gasteiger partial charge >= 0.3 is 6.09 Å². The summed E-state index contributed by atoms with van der Waals surface area (Å²) < 4.78 is 5.59. The molecule has 0 saturated carbocycles. The van der Waals surface area contributed by atoms with E-state index in [1.165, 1.54) is 0 Å². The second kappa shape index (κ2) is 9.15. The molecule has 1 aliphatic rings. The summed E-state index contributed by atoms with van der Waals surface area (Å²) in [6.07, 6.45) is 4.58. The van der Waals surface area contributed by atoms with Crippen LogP contribution in [-0.4, -0.2) is 67.9 Å². The average Bonchev–Trinajstić information content (AvgIpc) is 2.37. The molecule has 0 radical (unpaired) electrons. The second-order valence-electron chi connectivity index (χ2n) is 5.65. The third kappa shape index (κ3) is 7.38. The zero-order valence-electron chi connectivity index (χ0n) is 12.3. The largest absolute Gasteiger partial charge is 0.465 e. The third-order valence-corrected chi connectivity index (χ3v) is 3.58. The number of rotatable bonds is 8. The lowest BCUT2D eigenvalue weighted by Gasteiger charge is -2.30. The Morgan fingerprint density at radius 3 is 2.79 bits per heavy atom. The molecule has 1 rings (SSSR count). The normalized spacial score (nSPS) is 19.9. The predicted octanol–water partition coefficient (Wildman–Crippen LogP) is 2.12. The summed E-state index contributed by atoms with van der Waals surface area (Å²) in [5.41, 5.74) is 0. The highest BCUT2D eigenvalue weighted by atomic mass is 16.5. The zero-order chi connectivity index (χ0) is 14.1. The SMILES string of the molecule is CN(C)CCCOCCCC1CCCN(C(=O)O)C1. The molecule has 19 heavy (non-hydrogen) atoms. The molecule has 5 nitrogen and oxygen atoms in total. The van der Waals surface area contributed by atoms with Crippen LogP contribution in [0.1, 0.15) is 32.1 Å². The molecule has 112 valence electrons. The molecule has 1 heterocycles. The molecule has 0 bridgehead atoms. The first-order valence-electron chi connectivity index (χ1n) is 7.30. The van der Waals surface area contributed by atoms with Crippen molar-refractivity contribution in [3.8, 4) is 0 Å². The lowest BCUT2D eigenvalue weighted by molar-refractivity contribution is 0.102. The van der Waals surface area contributed by atoms with E-state index in [4.69, 9.17) is 9.84 Å². The Labute approximate surface area is 116 Å².